The average molecular weight is 451 g/mol. The van der Waals surface area contributed by atoms with Crippen molar-refractivity contribution in [1.29, 1.82) is 0 Å². The number of thiophene rings is 1. The molecule has 1 N–H and O–H groups in total. The van der Waals surface area contributed by atoms with Crippen molar-refractivity contribution in [3.8, 4) is 0 Å². The number of carbonyl (C=O) groups excluding carboxylic acids is 2. The summed E-state index contributed by atoms with van der Waals surface area (Å²) < 4.78 is 6.78. The minimum Gasteiger partial charge on any atom is -0.385 e. The maximum atomic E-state index is 13.1. The van der Waals surface area contributed by atoms with Gasteiger partial charge in [0.15, 0.2) is 0 Å². The van der Waals surface area contributed by atoms with E-state index in [0.717, 1.165) is 23.5 Å². The molecule has 0 spiro atoms. The quantitative estimate of drug-likeness (QED) is 0.656. The molecule has 164 valence electrons. The highest BCUT2D eigenvalue weighted by molar-refractivity contribution is 8.00. The van der Waals surface area contributed by atoms with Crippen molar-refractivity contribution < 1.29 is 14.3 Å². The smallest absolute Gasteiger partial charge is 0.240 e. The Labute approximate surface area is 186 Å². The summed E-state index contributed by atoms with van der Waals surface area (Å²) in [6.45, 7) is 7.48. The van der Waals surface area contributed by atoms with Gasteiger partial charge in [0.25, 0.3) is 0 Å². The lowest BCUT2D eigenvalue weighted by Gasteiger charge is -2.23. The molecule has 0 saturated heterocycles. The fourth-order valence-corrected chi connectivity index (χ4v) is 5.73. The predicted molar refractivity (Wildman–Crippen MR) is 122 cm³/mol. The van der Waals surface area contributed by atoms with Crippen LogP contribution in [0.4, 0.5) is 5.82 Å². The van der Waals surface area contributed by atoms with Crippen LogP contribution in [-0.4, -0.2) is 54.2 Å². The van der Waals surface area contributed by atoms with Gasteiger partial charge in [0.2, 0.25) is 11.8 Å². The van der Waals surface area contributed by atoms with Gasteiger partial charge in [-0.15, -0.1) is 23.1 Å². The molecule has 1 atom stereocenters. The number of methoxy groups -OCH3 is 1. The molecule has 1 unspecified atom stereocenters. The number of thioether (sulfide) groups is 1. The van der Waals surface area contributed by atoms with Crippen molar-refractivity contribution in [3.63, 3.8) is 0 Å². The molecule has 0 fully saturated rings. The molecule has 0 aliphatic carbocycles. The highest BCUT2D eigenvalue weighted by Crippen LogP contribution is 2.48. The third-order valence-corrected chi connectivity index (χ3v) is 7.23. The van der Waals surface area contributed by atoms with Gasteiger partial charge in [-0.3, -0.25) is 19.2 Å². The van der Waals surface area contributed by atoms with Gasteiger partial charge < -0.3 is 10.1 Å². The van der Waals surface area contributed by atoms with Crippen molar-refractivity contribution in [3.05, 3.63) is 33.6 Å². The van der Waals surface area contributed by atoms with Crippen LogP contribution >= 0.6 is 23.1 Å². The molecule has 0 radical (unpaired) electrons. The number of nitrogens with zero attached hydrogens (tertiary/aromatic N) is 3. The van der Waals surface area contributed by atoms with Gasteiger partial charge >= 0.3 is 0 Å². The molecule has 9 heteroatoms. The van der Waals surface area contributed by atoms with Crippen molar-refractivity contribution >= 4 is 40.7 Å². The zero-order valence-electron chi connectivity index (χ0n) is 18.2. The van der Waals surface area contributed by atoms with Crippen LogP contribution < -0.4 is 10.2 Å². The van der Waals surface area contributed by atoms with Crippen molar-refractivity contribution in [2.24, 2.45) is 7.05 Å². The SMILES string of the molecule is COCCCNC(=O)CN1C(=O)CSC(c2cccs2)c2c(C(C)(C)C)nn(C)c21. The number of fused-ring (bicyclic) bond motifs is 1. The van der Waals surface area contributed by atoms with Gasteiger partial charge in [-0.05, 0) is 17.9 Å². The summed E-state index contributed by atoms with van der Waals surface area (Å²) in [6.07, 6.45) is 0.734. The minimum atomic E-state index is -0.192. The Balaban J connectivity index is 1.99. The molecule has 0 aromatic carbocycles. The van der Waals surface area contributed by atoms with Crippen LogP contribution in [0.25, 0.3) is 0 Å². The van der Waals surface area contributed by atoms with E-state index >= 15 is 0 Å². The molecule has 0 bridgehead atoms. The number of anilines is 1. The number of nitrogens with one attached hydrogen (secondary N) is 1. The van der Waals surface area contributed by atoms with Gasteiger partial charge in [-0.1, -0.05) is 26.8 Å². The summed E-state index contributed by atoms with van der Waals surface area (Å²) in [6, 6.07) is 4.14. The second-order valence-electron chi connectivity index (χ2n) is 8.34. The molecular formula is C21H30N4O3S2. The molecule has 7 nitrogen and oxygen atoms in total. The molecule has 1 aliphatic rings. The lowest BCUT2D eigenvalue weighted by Crippen LogP contribution is -2.42. The first kappa shape index (κ1) is 22.8. The Morgan fingerprint density at radius 3 is 2.80 bits per heavy atom. The van der Waals surface area contributed by atoms with Crippen LogP contribution in [0.1, 0.15) is 48.6 Å². The van der Waals surface area contributed by atoms with E-state index in [4.69, 9.17) is 9.84 Å². The second kappa shape index (κ2) is 9.53. The summed E-state index contributed by atoms with van der Waals surface area (Å²) in [5.41, 5.74) is 1.81. The van der Waals surface area contributed by atoms with Crippen molar-refractivity contribution in [2.75, 3.05) is 37.5 Å². The van der Waals surface area contributed by atoms with Crippen LogP contribution in [-0.2, 0) is 26.8 Å². The van der Waals surface area contributed by atoms with Crippen LogP contribution in [0.15, 0.2) is 17.5 Å². The third-order valence-electron chi connectivity index (χ3n) is 4.91. The summed E-state index contributed by atoms with van der Waals surface area (Å²) in [4.78, 5) is 28.5. The number of aryl methyl sites for hydroxylation is 1. The van der Waals surface area contributed by atoms with E-state index < -0.39 is 0 Å². The van der Waals surface area contributed by atoms with Gasteiger partial charge in [-0.2, -0.15) is 5.10 Å². The molecule has 3 heterocycles. The highest BCUT2D eigenvalue weighted by atomic mass is 32.2. The van der Waals surface area contributed by atoms with Crippen LogP contribution in [0, 0.1) is 0 Å². The number of carbonyl (C=O) groups is 2. The number of ether oxygens (including phenoxy) is 1. The van der Waals surface area contributed by atoms with Gasteiger partial charge in [0.05, 0.1) is 16.7 Å². The standard InChI is InChI=1S/C21H30N4O3S2/c1-21(2,3)19-17-18(14-8-6-11-29-14)30-13-16(27)25(20(17)24(4)23-19)12-15(26)22-9-7-10-28-5/h6,8,11,18H,7,9-10,12-13H2,1-5H3,(H,22,26). The van der Waals surface area contributed by atoms with E-state index in [1.807, 2.05) is 13.1 Å². The molecule has 1 aliphatic heterocycles. The molecular weight excluding hydrogens is 420 g/mol. The first-order valence-electron chi connectivity index (χ1n) is 10.0. The Kier molecular flexibility index (Phi) is 7.26. The summed E-state index contributed by atoms with van der Waals surface area (Å²) >= 11 is 3.29. The topological polar surface area (TPSA) is 76.5 Å². The number of aromatic nitrogens is 2. The van der Waals surface area contributed by atoms with E-state index in [9.17, 15) is 9.59 Å². The third kappa shape index (κ3) is 4.90. The van der Waals surface area contributed by atoms with E-state index in [-0.39, 0.29) is 29.0 Å². The summed E-state index contributed by atoms with van der Waals surface area (Å²) in [7, 11) is 3.49. The first-order valence-corrected chi connectivity index (χ1v) is 11.9. The largest absolute Gasteiger partial charge is 0.385 e. The monoisotopic (exact) mass is 450 g/mol. The van der Waals surface area contributed by atoms with Gasteiger partial charge in [0.1, 0.15) is 12.4 Å². The lowest BCUT2D eigenvalue weighted by molar-refractivity contribution is -0.123. The Bertz CT molecular complexity index is 887. The average Bonchev–Trinajstić information content (AvgIpc) is 3.29. The molecule has 2 aromatic heterocycles. The van der Waals surface area contributed by atoms with E-state index in [2.05, 4.69) is 37.5 Å². The van der Waals surface area contributed by atoms with Crippen molar-refractivity contribution in [2.45, 2.75) is 37.9 Å². The Hall–Kier alpha value is -1.84. The van der Waals surface area contributed by atoms with Crippen LogP contribution in [0.2, 0.25) is 0 Å². The fourth-order valence-electron chi connectivity index (χ4n) is 3.55. The maximum absolute atomic E-state index is 13.1. The van der Waals surface area contributed by atoms with Gasteiger partial charge in [0, 0.05) is 43.2 Å². The van der Waals surface area contributed by atoms with E-state index in [0.29, 0.717) is 18.9 Å². The molecule has 0 saturated carbocycles. The zero-order chi connectivity index (χ0) is 21.9. The summed E-state index contributed by atoms with van der Waals surface area (Å²) in [5.74, 6) is 0.789. The number of hydrogen-bond donors (Lipinski definition) is 1. The normalized spacial score (nSPS) is 17.0. The van der Waals surface area contributed by atoms with Crippen molar-refractivity contribution in [1.82, 2.24) is 15.1 Å². The first-order chi connectivity index (χ1) is 14.2. The lowest BCUT2D eigenvalue weighted by atomic mass is 9.88. The Morgan fingerprint density at radius 2 is 2.17 bits per heavy atom. The van der Waals surface area contributed by atoms with E-state index in [1.54, 1.807) is 39.8 Å². The molecule has 3 rings (SSSR count). The van der Waals surface area contributed by atoms with Crippen LogP contribution in [0.5, 0.6) is 0 Å². The number of rotatable bonds is 7. The molecule has 2 aromatic rings. The zero-order valence-corrected chi connectivity index (χ0v) is 19.9. The molecule has 2 amide bonds. The minimum absolute atomic E-state index is 0.0142. The Morgan fingerprint density at radius 1 is 1.40 bits per heavy atom. The highest BCUT2D eigenvalue weighted by Gasteiger charge is 2.39. The number of amides is 2. The van der Waals surface area contributed by atoms with E-state index in [1.165, 1.54) is 4.88 Å². The maximum Gasteiger partial charge on any atom is 0.240 e. The van der Waals surface area contributed by atoms with Crippen LogP contribution in [0.3, 0.4) is 0 Å². The number of hydrogen-bond acceptors (Lipinski definition) is 6. The second-order valence-corrected chi connectivity index (χ2v) is 10.4. The fraction of sp³-hybridized carbons (Fsp3) is 0.571. The summed E-state index contributed by atoms with van der Waals surface area (Å²) in [5, 5.41) is 9.77. The predicted octanol–water partition coefficient (Wildman–Crippen LogP) is 3.10. The van der Waals surface area contributed by atoms with Gasteiger partial charge in [-0.25, -0.2) is 0 Å². The molecule has 30 heavy (non-hydrogen) atoms.